The van der Waals surface area contributed by atoms with E-state index in [0.717, 1.165) is 16.8 Å². The van der Waals surface area contributed by atoms with Gasteiger partial charge in [0.1, 0.15) is 0 Å². The van der Waals surface area contributed by atoms with Gasteiger partial charge in [0.2, 0.25) is 0 Å². The highest BCUT2D eigenvalue weighted by atomic mass is 32.1. The number of para-hydroxylation sites is 1. The first-order valence-electron chi connectivity index (χ1n) is 4.45. The zero-order valence-corrected chi connectivity index (χ0v) is 8.80. The van der Waals surface area contributed by atoms with Gasteiger partial charge in [0, 0.05) is 13.7 Å². The Hall–Kier alpha value is -1.13. The molecule has 1 aromatic carbocycles. The maximum atomic E-state index is 7.80. The van der Waals surface area contributed by atoms with E-state index in [4.69, 9.17) is 10.1 Å². The molecular formula is C10H12N2OS. The minimum Gasteiger partial charge on any atom is -0.383 e. The van der Waals surface area contributed by atoms with E-state index in [1.165, 1.54) is 11.3 Å². The van der Waals surface area contributed by atoms with Crippen molar-refractivity contribution in [1.29, 1.82) is 5.41 Å². The van der Waals surface area contributed by atoms with E-state index in [-0.39, 0.29) is 0 Å². The zero-order valence-electron chi connectivity index (χ0n) is 7.99. The van der Waals surface area contributed by atoms with Gasteiger partial charge in [-0.15, -0.1) is 0 Å². The highest BCUT2D eigenvalue weighted by molar-refractivity contribution is 7.16. The molecule has 0 aliphatic carbocycles. The molecule has 0 aliphatic rings. The van der Waals surface area contributed by atoms with Crippen LogP contribution in [0.4, 0.5) is 0 Å². The molecule has 1 heterocycles. The van der Waals surface area contributed by atoms with Gasteiger partial charge >= 0.3 is 0 Å². The fourth-order valence-corrected chi connectivity index (χ4v) is 2.38. The van der Waals surface area contributed by atoms with Gasteiger partial charge in [-0.25, -0.2) is 0 Å². The molecule has 0 unspecified atom stereocenters. The van der Waals surface area contributed by atoms with Crippen LogP contribution in [-0.4, -0.2) is 18.3 Å². The Kier molecular flexibility index (Phi) is 2.65. The molecule has 0 saturated carbocycles. The predicted octanol–water partition coefficient (Wildman–Crippen LogP) is 1.83. The van der Waals surface area contributed by atoms with E-state index in [1.54, 1.807) is 7.11 Å². The van der Waals surface area contributed by atoms with Gasteiger partial charge in [0.05, 0.1) is 16.8 Å². The van der Waals surface area contributed by atoms with Gasteiger partial charge in [-0.05, 0) is 12.1 Å². The second-order valence-electron chi connectivity index (χ2n) is 3.02. The van der Waals surface area contributed by atoms with Crippen LogP contribution in [0.25, 0.3) is 10.2 Å². The monoisotopic (exact) mass is 208 g/mol. The number of ether oxygens (including phenoxy) is 1. The zero-order chi connectivity index (χ0) is 9.97. The van der Waals surface area contributed by atoms with Crippen molar-refractivity contribution in [2.45, 2.75) is 6.54 Å². The lowest BCUT2D eigenvalue weighted by molar-refractivity contribution is 0.187. The third-order valence-corrected chi connectivity index (χ3v) is 3.11. The third-order valence-electron chi connectivity index (χ3n) is 2.13. The van der Waals surface area contributed by atoms with Crippen LogP contribution >= 0.6 is 11.3 Å². The second kappa shape index (κ2) is 3.94. The number of thiazole rings is 1. The highest BCUT2D eigenvalue weighted by Crippen LogP contribution is 2.15. The van der Waals surface area contributed by atoms with E-state index in [2.05, 4.69) is 0 Å². The second-order valence-corrected chi connectivity index (χ2v) is 4.05. The molecule has 0 radical (unpaired) electrons. The molecule has 0 fully saturated rings. The number of methoxy groups -OCH3 is 1. The van der Waals surface area contributed by atoms with E-state index < -0.39 is 0 Å². The van der Waals surface area contributed by atoms with Crippen LogP contribution in [0, 0.1) is 5.41 Å². The number of hydrogen-bond acceptors (Lipinski definition) is 3. The molecular weight excluding hydrogens is 196 g/mol. The Bertz CT molecular complexity index is 486. The molecule has 0 aliphatic heterocycles. The van der Waals surface area contributed by atoms with E-state index in [0.29, 0.717) is 11.4 Å². The molecule has 0 bridgehead atoms. The summed E-state index contributed by atoms with van der Waals surface area (Å²) in [6.45, 7) is 1.40. The number of aromatic nitrogens is 1. The topological polar surface area (TPSA) is 38.0 Å². The Morgan fingerprint density at radius 2 is 2.21 bits per heavy atom. The van der Waals surface area contributed by atoms with Gasteiger partial charge in [0.25, 0.3) is 0 Å². The number of rotatable bonds is 3. The van der Waals surface area contributed by atoms with Crippen LogP contribution in [0.5, 0.6) is 0 Å². The number of benzene rings is 1. The molecule has 1 N–H and O–H groups in total. The first kappa shape index (κ1) is 9.43. The molecule has 14 heavy (non-hydrogen) atoms. The predicted molar refractivity (Wildman–Crippen MR) is 57.5 cm³/mol. The molecule has 1 aromatic heterocycles. The summed E-state index contributed by atoms with van der Waals surface area (Å²) in [6.07, 6.45) is 0. The molecule has 0 spiro atoms. The minimum absolute atomic E-state index is 0.586. The summed E-state index contributed by atoms with van der Waals surface area (Å²) >= 11 is 1.50. The summed E-state index contributed by atoms with van der Waals surface area (Å²) < 4.78 is 8.16. The quantitative estimate of drug-likeness (QED) is 0.821. The summed E-state index contributed by atoms with van der Waals surface area (Å²) in [5.41, 5.74) is 1.12. The van der Waals surface area contributed by atoms with Crippen molar-refractivity contribution in [3.05, 3.63) is 29.1 Å². The number of nitrogens with zero attached hydrogens (tertiary/aromatic N) is 1. The first-order chi connectivity index (χ1) is 6.83. The van der Waals surface area contributed by atoms with Gasteiger partial charge < -0.3 is 9.30 Å². The lowest BCUT2D eigenvalue weighted by Gasteiger charge is -2.02. The molecule has 0 saturated heterocycles. The van der Waals surface area contributed by atoms with Gasteiger partial charge in [0.15, 0.2) is 4.80 Å². The molecule has 4 heteroatoms. The Morgan fingerprint density at radius 3 is 3.00 bits per heavy atom. The van der Waals surface area contributed by atoms with Crippen molar-refractivity contribution in [3.8, 4) is 0 Å². The van der Waals surface area contributed by atoms with Crippen LogP contribution in [0.2, 0.25) is 0 Å². The molecule has 0 atom stereocenters. The molecule has 74 valence electrons. The normalized spacial score (nSPS) is 10.9. The summed E-state index contributed by atoms with van der Waals surface area (Å²) in [4.78, 5) is 0.586. The Morgan fingerprint density at radius 1 is 1.43 bits per heavy atom. The third kappa shape index (κ3) is 1.58. The van der Waals surface area contributed by atoms with Crippen molar-refractivity contribution in [3.63, 3.8) is 0 Å². The van der Waals surface area contributed by atoms with Gasteiger partial charge in [-0.1, -0.05) is 23.5 Å². The highest BCUT2D eigenvalue weighted by Gasteiger charge is 2.02. The number of hydrogen-bond donors (Lipinski definition) is 1. The molecule has 2 rings (SSSR count). The fourth-order valence-electron chi connectivity index (χ4n) is 1.44. The maximum absolute atomic E-state index is 7.80. The molecule has 0 amide bonds. The minimum atomic E-state index is 0.586. The van der Waals surface area contributed by atoms with E-state index in [9.17, 15) is 0 Å². The van der Waals surface area contributed by atoms with Crippen molar-refractivity contribution in [1.82, 2.24) is 4.57 Å². The van der Waals surface area contributed by atoms with E-state index >= 15 is 0 Å². The lowest BCUT2D eigenvalue weighted by atomic mass is 10.3. The Balaban J connectivity index is 2.51. The summed E-state index contributed by atoms with van der Waals surface area (Å²) in [7, 11) is 1.68. The van der Waals surface area contributed by atoms with Gasteiger partial charge in [-0.3, -0.25) is 5.41 Å². The van der Waals surface area contributed by atoms with Gasteiger partial charge in [-0.2, -0.15) is 0 Å². The first-order valence-corrected chi connectivity index (χ1v) is 5.26. The van der Waals surface area contributed by atoms with Crippen LogP contribution in [-0.2, 0) is 11.3 Å². The van der Waals surface area contributed by atoms with Crippen molar-refractivity contribution < 1.29 is 4.74 Å². The standard InChI is InChI=1S/C10H12N2OS/c1-13-7-6-12-8-4-2-3-5-9(8)14-10(12)11/h2-5,11H,6-7H2,1H3. The smallest absolute Gasteiger partial charge is 0.182 e. The van der Waals surface area contributed by atoms with E-state index in [1.807, 2.05) is 28.8 Å². The SMILES string of the molecule is COCCn1c(=N)sc2ccccc21. The Labute approximate surface area is 86.1 Å². The van der Waals surface area contributed by atoms with Crippen LogP contribution in [0.1, 0.15) is 0 Å². The molecule has 2 aromatic rings. The average Bonchev–Trinajstić information content (AvgIpc) is 2.51. The summed E-state index contributed by atoms with van der Waals surface area (Å²) in [6, 6.07) is 8.08. The van der Waals surface area contributed by atoms with Crippen molar-refractivity contribution >= 4 is 21.6 Å². The molecule has 3 nitrogen and oxygen atoms in total. The average molecular weight is 208 g/mol. The van der Waals surface area contributed by atoms with Crippen molar-refractivity contribution in [2.75, 3.05) is 13.7 Å². The lowest BCUT2D eigenvalue weighted by Crippen LogP contribution is -2.15. The fraction of sp³-hybridized carbons (Fsp3) is 0.300. The number of fused-ring (bicyclic) bond motifs is 1. The van der Waals surface area contributed by atoms with Crippen LogP contribution in [0.15, 0.2) is 24.3 Å². The maximum Gasteiger partial charge on any atom is 0.182 e. The van der Waals surface area contributed by atoms with Crippen LogP contribution < -0.4 is 4.80 Å². The van der Waals surface area contributed by atoms with Crippen LogP contribution in [0.3, 0.4) is 0 Å². The number of nitrogens with one attached hydrogen (secondary N) is 1. The summed E-state index contributed by atoms with van der Waals surface area (Å²) in [5.74, 6) is 0. The van der Waals surface area contributed by atoms with Crippen molar-refractivity contribution in [2.24, 2.45) is 0 Å². The largest absolute Gasteiger partial charge is 0.383 e. The summed E-state index contributed by atoms with van der Waals surface area (Å²) in [5, 5.41) is 7.80.